The zero-order valence-electron chi connectivity index (χ0n) is 10.8. The smallest absolute Gasteiger partial charge is 0.132 e. The Labute approximate surface area is 107 Å². The number of hydrogen-bond acceptors (Lipinski definition) is 4. The highest BCUT2D eigenvalue weighted by Gasteiger charge is 2.24. The summed E-state index contributed by atoms with van der Waals surface area (Å²) in [5.41, 5.74) is 1.92. The lowest BCUT2D eigenvalue weighted by atomic mass is 10.2. The summed E-state index contributed by atoms with van der Waals surface area (Å²) in [6.45, 7) is 6.39. The maximum absolute atomic E-state index is 9.48. The van der Waals surface area contributed by atoms with Crippen molar-refractivity contribution < 1.29 is 5.11 Å². The fourth-order valence-electron chi connectivity index (χ4n) is 2.43. The molecule has 0 aliphatic carbocycles. The van der Waals surface area contributed by atoms with Crippen LogP contribution in [0, 0.1) is 6.92 Å². The molecule has 96 valence electrons. The van der Waals surface area contributed by atoms with E-state index in [0.29, 0.717) is 5.25 Å². The molecular weight excluding hydrogens is 234 g/mol. The van der Waals surface area contributed by atoms with E-state index in [1.807, 2.05) is 18.7 Å². The van der Waals surface area contributed by atoms with Crippen molar-refractivity contribution in [1.82, 2.24) is 9.78 Å². The Morgan fingerprint density at radius 2 is 2.29 bits per heavy atom. The zero-order valence-corrected chi connectivity index (χ0v) is 11.6. The van der Waals surface area contributed by atoms with Crippen molar-refractivity contribution in [2.45, 2.75) is 32.1 Å². The number of aryl methyl sites for hydroxylation is 2. The van der Waals surface area contributed by atoms with Gasteiger partial charge in [0.05, 0.1) is 12.3 Å². The van der Waals surface area contributed by atoms with Gasteiger partial charge in [-0.3, -0.25) is 4.68 Å². The Kier molecular flexibility index (Phi) is 3.99. The molecule has 1 aromatic rings. The predicted octanol–water partition coefficient (Wildman–Crippen LogP) is 1.55. The molecule has 0 saturated carbocycles. The second-order valence-corrected chi connectivity index (χ2v) is 5.92. The molecule has 2 rings (SSSR count). The van der Waals surface area contributed by atoms with Crippen molar-refractivity contribution in [3.8, 4) is 0 Å². The van der Waals surface area contributed by atoms with Crippen LogP contribution in [0.15, 0.2) is 0 Å². The number of anilines is 1. The van der Waals surface area contributed by atoms with Crippen molar-refractivity contribution in [3.63, 3.8) is 0 Å². The van der Waals surface area contributed by atoms with E-state index in [1.165, 1.54) is 6.42 Å². The molecule has 1 aliphatic rings. The van der Waals surface area contributed by atoms with Gasteiger partial charge >= 0.3 is 0 Å². The van der Waals surface area contributed by atoms with Crippen molar-refractivity contribution >= 4 is 17.6 Å². The van der Waals surface area contributed by atoms with Gasteiger partial charge in [0.2, 0.25) is 0 Å². The first-order valence-electron chi connectivity index (χ1n) is 6.17. The monoisotopic (exact) mass is 255 g/mol. The summed E-state index contributed by atoms with van der Waals surface area (Å²) in [7, 11) is 1.96. The molecule has 1 aliphatic heterocycles. The maximum atomic E-state index is 9.48. The van der Waals surface area contributed by atoms with Crippen molar-refractivity contribution in [2.75, 3.05) is 23.7 Å². The number of aromatic nitrogens is 2. The Morgan fingerprint density at radius 3 is 2.94 bits per heavy atom. The van der Waals surface area contributed by atoms with Crippen LogP contribution in [0.25, 0.3) is 0 Å². The molecule has 0 bridgehead atoms. The van der Waals surface area contributed by atoms with Crippen molar-refractivity contribution in [3.05, 3.63) is 11.3 Å². The summed E-state index contributed by atoms with van der Waals surface area (Å²) in [6.07, 6.45) is 1.20. The van der Waals surface area contributed by atoms with E-state index in [2.05, 4.69) is 28.7 Å². The minimum absolute atomic E-state index is 0.0788. The predicted molar refractivity (Wildman–Crippen MR) is 72.6 cm³/mol. The average Bonchev–Trinajstić information content (AvgIpc) is 2.63. The van der Waals surface area contributed by atoms with Crippen LogP contribution in [0.2, 0.25) is 0 Å². The second-order valence-electron chi connectivity index (χ2n) is 4.52. The largest absolute Gasteiger partial charge is 0.391 e. The first-order chi connectivity index (χ1) is 8.17. The van der Waals surface area contributed by atoms with Crippen molar-refractivity contribution in [1.29, 1.82) is 0 Å². The maximum Gasteiger partial charge on any atom is 0.132 e. The third-order valence-electron chi connectivity index (χ3n) is 3.36. The van der Waals surface area contributed by atoms with Crippen LogP contribution >= 0.6 is 11.8 Å². The Morgan fingerprint density at radius 1 is 1.53 bits per heavy atom. The fourth-order valence-corrected chi connectivity index (χ4v) is 3.61. The standard InChI is InChI=1S/C12H21N3OS/c1-4-10-7-15(5-6-17-10)12-11(8-16)9(2)13-14(12)3/h10,16H,4-8H2,1-3H3. The highest BCUT2D eigenvalue weighted by molar-refractivity contribution is 8.00. The molecule has 0 amide bonds. The zero-order chi connectivity index (χ0) is 12.4. The minimum atomic E-state index is 0.0788. The van der Waals surface area contributed by atoms with E-state index in [4.69, 9.17) is 0 Å². The summed E-state index contributed by atoms with van der Waals surface area (Å²) < 4.78 is 1.91. The number of aliphatic hydroxyl groups is 1. The van der Waals surface area contributed by atoms with Gasteiger partial charge in [0, 0.05) is 36.7 Å². The van der Waals surface area contributed by atoms with Gasteiger partial charge in [-0.1, -0.05) is 6.92 Å². The summed E-state index contributed by atoms with van der Waals surface area (Å²) >= 11 is 2.05. The lowest BCUT2D eigenvalue weighted by Gasteiger charge is -2.34. The summed E-state index contributed by atoms with van der Waals surface area (Å²) in [5.74, 6) is 2.26. The summed E-state index contributed by atoms with van der Waals surface area (Å²) in [5, 5.41) is 14.6. The lowest BCUT2D eigenvalue weighted by molar-refractivity contribution is 0.281. The average molecular weight is 255 g/mol. The molecule has 17 heavy (non-hydrogen) atoms. The van der Waals surface area contributed by atoms with Gasteiger partial charge in [0.25, 0.3) is 0 Å². The molecular formula is C12H21N3OS. The third-order valence-corrected chi connectivity index (χ3v) is 4.74. The third kappa shape index (κ3) is 2.45. The van der Waals surface area contributed by atoms with E-state index in [1.54, 1.807) is 0 Å². The molecule has 1 saturated heterocycles. The molecule has 4 nitrogen and oxygen atoms in total. The Bertz CT molecular complexity index is 391. The summed E-state index contributed by atoms with van der Waals surface area (Å²) in [6, 6.07) is 0. The SMILES string of the molecule is CCC1CN(c2c(CO)c(C)nn2C)CCS1. The van der Waals surface area contributed by atoms with Gasteiger partial charge in [0.15, 0.2) is 0 Å². The number of hydrogen-bond donors (Lipinski definition) is 1. The van der Waals surface area contributed by atoms with Gasteiger partial charge in [-0.15, -0.1) is 0 Å². The van der Waals surface area contributed by atoms with E-state index in [-0.39, 0.29) is 6.61 Å². The topological polar surface area (TPSA) is 41.3 Å². The van der Waals surface area contributed by atoms with Crippen LogP contribution < -0.4 is 4.90 Å². The molecule has 1 atom stereocenters. The number of aliphatic hydroxyl groups excluding tert-OH is 1. The second kappa shape index (κ2) is 5.31. The Balaban J connectivity index is 2.26. The number of rotatable bonds is 3. The Hall–Kier alpha value is -0.680. The molecule has 0 spiro atoms. The highest BCUT2D eigenvalue weighted by atomic mass is 32.2. The molecule has 0 radical (unpaired) electrons. The molecule has 5 heteroatoms. The van der Waals surface area contributed by atoms with Gasteiger partial charge in [0.1, 0.15) is 5.82 Å². The molecule has 2 heterocycles. The van der Waals surface area contributed by atoms with Gasteiger partial charge in [-0.05, 0) is 13.3 Å². The van der Waals surface area contributed by atoms with E-state index < -0.39 is 0 Å². The van der Waals surface area contributed by atoms with Gasteiger partial charge in [-0.2, -0.15) is 16.9 Å². The van der Waals surface area contributed by atoms with E-state index in [9.17, 15) is 5.11 Å². The van der Waals surface area contributed by atoms with Gasteiger partial charge < -0.3 is 10.0 Å². The van der Waals surface area contributed by atoms with Gasteiger partial charge in [-0.25, -0.2) is 0 Å². The highest BCUT2D eigenvalue weighted by Crippen LogP contribution is 2.29. The molecule has 1 N–H and O–H groups in total. The first kappa shape index (κ1) is 12.8. The van der Waals surface area contributed by atoms with E-state index >= 15 is 0 Å². The molecule has 1 aromatic heterocycles. The van der Waals surface area contributed by atoms with Crippen molar-refractivity contribution in [2.24, 2.45) is 7.05 Å². The van der Waals surface area contributed by atoms with Crippen LogP contribution in [0.1, 0.15) is 24.6 Å². The quantitative estimate of drug-likeness (QED) is 0.890. The molecule has 0 aromatic carbocycles. The normalized spacial score (nSPS) is 20.9. The van der Waals surface area contributed by atoms with Crippen LogP contribution in [-0.4, -0.2) is 39.0 Å². The first-order valence-corrected chi connectivity index (χ1v) is 7.22. The molecule has 1 unspecified atom stereocenters. The lowest BCUT2D eigenvalue weighted by Crippen LogP contribution is -2.39. The number of nitrogens with zero attached hydrogens (tertiary/aromatic N) is 3. The van der Waals surface area contributed by atoms with Crippen LogP contribution in [0.4, 0.5) is 5.82 Å². The fraction of sp³-hybridized carbons (Fsp3) is 0.750. The summed E-state index contributed by atoms with van der Waals surface area (Å²) in [4.78, 5) is 2.37. The van der Waals surface area contributed by atoms with Crippen LogP contribution in [-0.2, 0) is 13.7 Å². The molecule has 1 fully saturated rings. The van der Waals surface area contributed by atoms with E-state index in [0.717, 1.165) is 35.9 Å². The van der Waals surface area contributed by atoms with Crippen LogP contribution in [0.3, 0.4) is 0 Å². The minimum Gasteiger partial charge on any atom is -0.391 e. The number of thioether (sulfide) groups is 1. The van der Waals surface area contributed by atoms with Crippen LogP contribution in [0.5, 0.6) is 0 Å².